The molecule has 2 N–H and O–H groups in total. The second-order valence-corrected chi connectivity index (χ2v) is 7.93. The Bertz CT molecular complexity index is 1230. The first-order valence-corrected chi connectivity index (χ1v) is 11.2. The molecular formula is C25H21BrFN3O5. The lowest BCUT2D eigenvalue weighted by Gasteiger charge is -2.09. The van der Waals surface area contributed by atoms with E-state index < -0.39 is 23.6 Å². The molecule has 180 valence electrons. The van der Waals surface area contributed by atoms with Crippen LogP contribution >= 0.6 is 15.9 Å². The maximum atomic E-state index is 12.9. The van der Waals surface area contributed by atoms with E-state index in [0.717, 1.165) is 12.1 Å². The Morgan fingerprint density at radius 3 is 2.37 bits per heavy atom. The molecular weight excluding hydrogens is 521 g/mol. The van der Waals surface area contributed by atoms with Gasteiger partial charge in [0.2, 0.25) is 0 Å². The topological polar surface area (TPSA) is 106 Å². The van der Waals surface area contributed by atoms with Crippen molar-refractivity contribution in [3.8, 4) is 11.5 Å². The predicted molar refractivity (Wildman–Crippen MR) is 131 cm³/mol. The monoisotopic (exact) mass is 541 g/mol. The predicted octanol–water partition coefficient (Wildman–Crippen LogP) is 4.09. The maximum absolute atomic E-state index is 12.9. The lowest BCUT2D eigenvalue weighted by molar-refractivity contribution is -0.120. The van der Waals surface area contributed by atoms with E-state index in [0.29, 0.717) is 28.0 Å². The summed E-state index contributed by atoms with van der Waals surface area (Å²) in [5, 5.41) is 6.27. The molecule has 0 atom stereocenters. The number of carbonyl (C=O) groups excluding carboxylic acids is 3. The third kappa shape index (κ3) is 7.75. The summed E-state index contributed by atoms with van der Waals surface area (Å²) in [6.07, 6.45) is 1.31. The molecule has 35 heavy (non-hydrogen) atoms. The minimum atomic E-state index is -0.584. The molecule has 0 unspecified atom stereocenters. The summed E-state index contributed by atoms with van der Waals surface area (Å²) in [7, 11) is 0. The van der Waals surface area contributed by atoms with E-state index in [1.54, 1.807) is 42.5 Å². The molecule has 0 aliphatic carbocycles. The Kier molecular flexibility index (Phi) is 9.08. The number of amides is 2. The summed E-state index contributed by atoms with van der Waals surface area (Å²) in [6, 6.07) is 16.4. The number of hydrogen-bond acceptors (Lipinski definition) is 6. The van der Waals surface area contributed by atoms with Gasteiger partial charge in [-0.15, -0.1) is 0 Å². The highest BCUT2D eigenvalue weighted by molar-refractivity contribution is 9.10. The van der Waals surface area contributed by atoms with E-state index in [1.165, 1.54) is 18.3 Å². The van der Waals surface area contributed by atoms with Crippen molar-refractivity contribution >= 4 is 39.9 Å². The first-order valence-electron chi connectivity index (χ1n) is 10.5. The molecule has 0 aliphatic rings. The van der Waals surface area contributed by atoms with Gasteiger partial charge in [0.15, 0.2) is 0 Å². The molecule has 3 aromatic carbocycles. The van der Waals surface area contributed by atoms with Crippen molar-refractivity contribution in [2.45, 2.75) is 6.92 Å². The van der Waals surface area contributed by atoms with E-state index in [1.807, 2.05) is 6.92 Å². The first kappa shape index (κ1) is 25.6. The van der Waals surface area contributed by atoms with Gasteiger partial charge in [-0.05, 0) is 73.7 Å². The Morgan fingerprint density at radius 2 is 1.69 bits per heavy atom. The first-order chi connectivity index (χ1) is 16.9. The van der Waals surface area contributed by atoms with Crippen LogP contribution in [0.5, 0.6) is 11.5 Å². The van der Waals surface area contributed by atoms with Gasteiger partial charge in [0.25, 0.3) is 11.8 Å². The molecule has 0 bridgehead atoms. The SMILES string of the molecule is CCOc1ccc(C(=O)Oc2ccc(Br)cc2C=NNC(=O)CNC(=O)c2ccc(F)cc2)cc1. The van der Waals surface area contributed by atoms with E-state index in [9.17, 15) is 18.8 Å². The van der Waals surface area contributed by atoms with Crippen LogP contribution in [0.4, 0.5) is 4.39 Å². The molecule has 0 saturated heterocycles. The van der Waals surface area contributed by atoms with Gasteiger partial charge < -0.3 is 14.8 Å². The van der Waals surface area contributed by atoms with Gasteiger partial charge >= 0.3 is 5.97 Å². The number of hydrazone groups is 1. The average Bonchev–Trinajstić information content (AvgIpc) is 2.85. The molecule has 0 aromatic heterocycles. The van der Waals surface area contributed by atoms with E-state index in [2.05, 4.69) is 31.8 Å². The normalized spacial score (nSPS) is 10.6. The van der Waals surface area contributed by atoms with E-state index in [-0.39, 0.29) is 17.9 Å². The van der Waals surface area contributed by atoms with Gasteiger partial charge in [0.1, 0.15) is 17.3 Å². The lowest BCUT2D eigenvalue weighted by atomic mass is 10.2. The van der Waals surface area contributed by atoms with Gasteiger partial charge in [-0.25, -0.2) is 14.6 Å². The molecule has 10 heteroatoms. The summed E-state index contributed by atoms with van der Waals surface area (Å²) in [4.78, 5) is 36.5. The number of halogens is 2. The van der Waals surface area contributed by atoms with Crippen LogP contribution in [0.1, 0.15) is 33.2 Å². The number of benzene rings is 3. The van der Waals surface area contributed by atoms with Crippen LogP contribution in [-0.2, 0) is 4.79 Å². The third-order valence-corrected chi connectivity index (χ3v) is 4.98. The van der Waals surface area contributed by atoms with Crippen LogP contribution in [-0.4, -0.2) is 37.1 Å². The Labute approximate surface area is 209 Å². The number of hydrogen-bond donors (Lipinski definition) is 2. The Morgan fingerprint density at radius 1 is 1.00 bits per heavy atom. The highest BCUT2D eigenvalue weighted by Crippen LogP contribution is 2.23. The molecule has 2 amide bonds. The largest absolute Gasteiger partial charge is 0.494 e. The molecule has 0 heterocycles. The van der Waals surface area contributed by atoms with Crippen LogP contribution in [0.25, 0.3) is 0 Å². The molecule has 0 radical (unpaired) electrons. The number of carbonyl (C=O) groups is 3. The number of esters is 1. The van der Waals surface area contributed by atoms with Crippen molar-refractivity contribution in [2.75, 3.05) is 13.2 Å². The zero-order chi connectivity index (χ0) is 25.2. The van der Waals surface area contributed by atoms with Crippen molar-refractivity contribution < 1.29 is 28.2 Å². The fraction of sp³-hybridized carbons (Fsp3) is 0.120. The highest BCUT2D eigenvalue weighted by Gasteiger charge is 2.12. The van der Waals surface area contributed by atoms with Gasteiger partial charge in [-0.3, -0.25) is 9.59 Å². The molecule has 3 aromatic rings. The summed E-state index contributed by atoms with van der Waals surface area (Å²) in [6.45, 7) is 2.04. The Hall–Kier alpha value is -4.05. The molecule has 3 rings (SSSR count). The number of ether oxygens (including phenoxy) is 2. The van der Waals surface area contributed by atoms with Crippen LogP contribution in [0.2, 0.25) is 0 Å². The molecule has 0 aliphatic heterocycles. The second kappa shape index (κ2) is 12.4. The number of rotatable bonds is 9. The molecule has 0 spiro atoms. The van der Waals surface area contributed by atoms with E-state index >= 15 is 0 Å². The van der Waals surface area contributed by atoms with Gasteiger partial charge in [-0.2, -0.15) is 5.10 Å². The third-order valence-electron chi connectivity index (χ3n) is 4.48. The van der Waals surface area contributed by atoms with Crippen molar-refractivity contribution in [3.63, 3.8) is 0 Å². The highest BCUT2D eigenvalue weighted by atomic mass is 79.9. The van der Waals surface area contributed by atoms with Crippen LogP contribution in [0.15, 0.2) is 76.3 Å². The zero-order valence-corrected chi connectivity index (χ0v) is 20.2. The number of nitrogens with one attached hydrogen (secondary N) is 2. The standard InChI is InChI=1S/C25H21BrFN3O5/c1-2-34-21-10-5-17(6-11-21)25(33)35-22-12-7-19(26)13-18(22)14-29-30-23(31)15-28-24(32)16-3-8-20(27)9-4-16/h3-14H,2,15H2,1H3,(H,28,32)(H,30,31). The molecule has 8 nitrogen and oxygen atoms in total. The molecule has 0 saturated carbocycles. The minimum absolute atomic E-state index is 0.218. The Balaban J connectivity index is 1.58. The summed E-state index contributed by atoms with van der Waals surface area (Å²) < 4.78 is 24.5. The van der Waals surface area contributed by atoms with E-state index in [4.69, 9.17) is 9.47 Å². The van der Waals surface area contributed by atoms with Crippen LogP contribution in [0, 0.1) is 5.82 Å². The van der Waals surface area contributed by atoms with Gasteiger partial charge in [-0.1, -0.05) is 15.9 Å². The van der Waals surface area contributed by atoms with Crippen LogP contribution in [0.3, 0.4) is 0 Å². The van der Waals surface area contributed by atoms with Gasteiger partial charge in [0, 0.05) is 15.6 Å². The summed E-state index contributed by atoms with van der Waals surface area (Å²) in [5.41, 5.74) is 3.26. The smallest absolute Gasteiger partial charge is 0.343 e. The second-order valence-electron chi connectivity index (χ2n) is 7.01. The maximum Gasteiger partial charge on any atom is 0.343 e. The van der Waals surface area contributed by atoms with Crippen molar-refractivity contribution in [3.05, 3.63) is 93.7 Å². The van der Waals surface area contributed by atoms with Crippen molar-refractivity contribution in [2.24, 2.45) is 5.10 Å². The summed E-state index contributed by atoms with van der Waals surface area (Å²) in [5.74, 6) is -1.28. The van der Waals surface area contributed by atoms with Gasteiger partial charge in [0.05, 0.1) is 24.9 Å². The summed E-state index contributed by atoms with van der Waals surface area (Å²) >= 11 is 3.34. The zero-order valence-electron chi connectivity index (χ0n) is 18.6. The van der Waals surface area contributed by atoms with Crippen LogP contribution < -0.4 is 20.2 Å². The van der Waals surface area contributed by atoms with Crippen molar-refractivity contribution in [1.29, 1.82) is 0 Å². The fourth-order valence-corrected chi connectivity index (χ4v) is 3.18. The van der Waals surface area contributed by atoms with Crippen molar-refractivity contribution in [1.82, 2.24) is 10.7 Å². The number of nitrogens with zero attached hydrogens (tertiary/aromatic N) is 1. The minimum Gasteiger partial charge on any atom is -0.494 e. The average molecular weight is 542 g/mol. The fourth-order valence-electron chi connectivity index (χ4n) is 2.80. The molecule has 0 fully saturated rings. The lowest BCUT2D eigenvalue weighted by Crippen LogP contribution is -2.34. The quantitative estimate of drug-likeness (QED) is 0.184.